The van der Waals surface area contributed by atoms with Gasteiger partial charge < -0.3 is 5.11 Å². The molecular formula is C13H16N6O2S. The van der Waals surface area contributed by atoms with Gasteiger partial charge in [-0.3, -0.25) is 4.79 Å². The van der Waals surface area contributed by atoms with E-state index in [0.29, 0.717) is 16.5 Å². The number of aromatic amines is 1. The molecule has 0 unspecified atom stereocenters. The van der Waals surface area contributed by atoms with E-state index in [0.717, 1.165) is 43.5 Å². The average Bonchev–Trinajstić information content (AvgIpc) is 3.12. The third-order valence-corrected chi connectivity index (χ3v) is 5.22. The minimum absolute atomic E-state index is 0.155. The number of H-pyrrole nitrogens is 1. The molecule has 116 valence electrons. The van der Waals surface area contributed by atoms with Gasteiger partial charge in [0.2, 0.25) is 10.6 Å². The van der Waals surface area contributed by atoms with Crippen molar-refractivity contribution >= 4 is 27.5 Å². The maximum absolute atomic E-state index is 12.2. The Balaban J connectivity index is 1.57. The number of hydrogen-bond donors (Lipinski definition) is 2. The van der Waals surface area contributed by atoms with E-state index in [9.17, 15) is 9.90 Å². The molecule has 1 aliphatic carbocycles. The van der Waals surface area contributed by atoms with E-state index < -0.39 is 0 Å². The van der Waals surface area contributed by atoms with Crippen molar-refractivity contribution < 1.29 is 5.11 Å². The summed E-state index contributed by atoms with van der Waals surface area (Å²) in [5, 5.41) is 25.1. The number of nitrogens with zero attached hydrogens (tertiary/aromatic N) is 5. The molecule has 9 heteroatoms. The highest BCUT2D eigenvalue weighted by Gasteiger charge is 2.21. The highest BCUT2D eigenvalue weighted by molar-refractivity contribution is 7.16. The molecule has 0 aliphatic heterocycles. The van der Waals surface area contributed by atoms with E-state index in [1.165, 1.54) is 15.9 Å². The number of aromatic nitrogens is 6. The third-order valence-electron chi connectivity index (χ3n) is 4.25. The fourth-order valence-electron chi connectivity index (χ4n) is 3.12. The molecule has 3 aromatic heterocycles. The van der Waals surface area contributed by atoms with Crippen molar-refractivity contribution in [1.82, 2.24) is 30.0 Å². The molecule has 3 aromatic rings. The number of aliphatic hydroxyl groups is 1. The molecule has 1 saturated carbocycles. The summed E-state index contributed by atoms with van der Waals surface area (Å²) < 4.78 is 1.31. The summed E-state index contributed by atoms with van der Waals surface area (Å²) >= 11 is 1.42. The van der Waals surface area contributed by atoms with Crippen LogP contribution in [-0.2, 0) is 6.42 Å². The second kappa shape index (κ2) is 5.40. The second-order valence-electron chi connectivity index (χ2n) is 5.83. The molecule has 4 rings (SSSR count). The Hall–Kier alpha value is -1.87. The first kappa shape index (κ1) is 13.8. The fourth-order valence-corrected chi connectivity index (χ4v) is 4.01. The van der Waals surface area contributed by atoms with Crippen LogP contribution in [0.5, 0.6) is 0 Å². The maximum atomic E-state index is 12.2. The average molecular weight is 320 g/mol. The van der Waals surface area contributed by atoms with Crippen LogP contribution in [0.4, 0.5) is 0 Å². The summed E-state index contributed by atoms with van der Waals surface area (Å²) in [6.45, 7) is 0. The third kappa shape index (κ3) is 2.40. The van der Waals surface area contributed by atoms with Gasteiger partial charge in [-0.15, -0.1) is 10.2 Å². The first-order valence-electron chi connectivity index (χ1n) is 7.48. The van der Waals surface area contributed by atoms with Crippen molar-refractivity contribution in [1.29, 1.82) is 0 Å². The van der Waals surface area contributed by atoms with Crippen LogP contribution in [0.2, 0.25) is 0 Å². The van der Waals surface area contributed by atoms with Gasteiger partial charge in [0.05, 0.1) is 6.10 Å². The molecule has 22 heavy (non-hydrogen) atoms. The van der Waals surface area contributed by atoms with Gasteiger partial charge in [-0.1, -0.05) is 24.2 Å². The molecule has 1 fully saturated rings. The van der Waals surface area contributed by atoms with E-state index in [-0.39, 0.29) is 17.2 Å². The molecule has 0 saturated heterocycles. The monoisotopic (exact) mass is 320 g/mol. The normalized spacial score (nSPS) is 22.6. The van der Waals surface area contributed by atoms with Crippen molar-refractivity contribution in [3.05, 3.63) is 15.4 Å². The smallest absolute Gasteiger partial charge is 0.305 e. The van der Waals surface area contributed by atoms with Crippen molar-refractivity contribution in [3.63, 3.8) is 0 Å². The van der Waals surface area contributed by atoms with E-state index in [1.54, 1.807) is 0 Å². The van der Waals surface area contributed by atoms with Gasteiger partial charge in [0.15, 0.2) is 5.52 Å². The predicted molar refractivity (Wildman–Crippen MR) is 80.9 cm³/mol. The molecule has 0 radical (unpaired) electrons. The summed E-state index contributed by atoms with van der Waals surface area (Å²) in [6.07, 6.45) is 5.69. The highest BCUT2D eigenvalue weighted by Crippen LogP contribution is 2.28. The molecule has 0 bridgehead atoms. The Labute approximate surface area is 129 Å². The first-order valence-corrected chi connectivity index (χ1v) is 8.29. The zero-order valence-corrected chi connectivity index (χ0v) is 12.7. The molecular weight excluding hydrogens is 304 g/mol. The van der Waals surface area contributed by atoms with Crippen LogP contribution in [0.3, 0.4) is 0 Å². The summed E-state index contributed by atoms with van der Waals surface area (Å²) in [5.74, 6) is 0.541. The fraction of sp³-hybridized carbons (Fsp3) is 0.615. The van der Waals surface area contributed by atoms with Crippen molar-refractivity contribution in [3.8, 4) is 0 Å². The molecule has 3 heterocycles. The summed E-state index contributed by atoms with van der Waals surface area (Å²) in [5.41, 5.74) is 0.254. The minimum atomic E-state index is -0.288. The van der Waals surface area contributed by atoms with Crippen LogP contribution in [0.25, 0.3) is 16.1 Å². The Kier molecular flexibility index (Phi) is 3.38. The standard InChI is InChI=1S/C13H16N6O2S/c20-8-3-1-2-7(6-8)4-5-9-17-19-12(21)10-11(16-18-15-10)14-13(19)22-9/h7-8,20H,1-6H2,(H,15,16,18)/t7-,8-/m1/s1. The Morgan fingerprint density at radius 3 is 3.14 bits per heavy atom. The quantitative estimate of drug-likeness (QED) is 0.742. The topological polar surface area (TPSA) is 109 Å². The van der Waals surface area contributed by atoms with Gasteiger partial charge in [0, 0.05) is 6.42 Å². The number of fused-ring (bicyclic) bond motifs is 2. The summed E-state index contributed by atoms with van der Waals surface area (Å²) in [6, 6.07) is 0. The van der Waals surface area contributed by atoms with Gasteiger partial charge >= 0.3 is 5.56 Å². The van der Waals surface area contributed by atoms with Gasteiger partial charge in [0.1, 0.15) is 5.01 Å². The summed E-state index contributed by atoms with van der Waals surface area (Å²) in [7, 11) is 0. The summed E-state index contributed by atoms with van der Waals surface area (Å²) in [4.78, 5) is 17.1. The van der Waals surface area contributed by atoms with Crippen molar-refractivity contribution in [2.45, 2.75) is 44.6 Å². The van der Waals surface area contributed by atoms with Crippen LogP contribution in [-0.4, -0.2) is 41.2 Å². The number of nitrogens with one attached hydrogen (secondary N) is 1. The van der Waals surface area contributed by atoms with Crippen molar-refractivity contribution in [2.75, 3.05) is 0 Å². The maximum Gasteiger partial charge on any atom is 0.305 e. The largest absolute Gasteiger partial charge is 0.393 e. The Morgan fingerprint density at radius 1 is 1.36 bits per heavy atom. The lowest BCUT2D eigenvalue weighted by molar-refractivity contribution is 0.0984. The van der Waals surface area contributed by atoms with Crippen LogP contribution in [0.1, 0.15) is 37.1 Å². The van der Waals surface area contributed by atoms with Crippen LogP contribution in [0.15, 0.2) is 4.79 Å². The lowest BCUT2D eigenvalue weighted by atomic mass is 9.84. The number of hydrogen-bond acceptors (Lipinski definition) is 7. The number of rotatable bonds is 3. The Bertz CT molecular complexity index is 868. The minimum Gasteiger partial charge on any atom is -0.393 e. The van der Waals surface area contributed by atoms with Crippen LogP contribution < -0.4 is 5.56 Å². The zero-order valence-electron chi connectivity index (χ0n) is 11.9. The molecule has 2 N–H and O–H groups in total. The van der Waals surface area contributed by atoms with E-state index in [2.05, 4.69) is 25.5 Å². The van der Waals surface area contributed by atoms with E-state index >= 15 is 0 Å². The predicted octanol–water partition coefficient (Wildman–Crippen LogP) is 0.906. The lowest BCUT2D eigenvalue weighted by Crippen LogP contribution is -2.20. The Morgan fingerprint density at radius 2 is 2.27 bits per heavy atom. The van der Waals surface area contributed by atoms with Crippen LogP contribution >= 0.6 is 11.3 Å². The van der Waals surface area contributed by atoms with E-state index in [1.807, 2.05) is 0 Å². The molecule has 0 spiro atoms. The highest BCUT2D eigenvalue weighted by atomic mass is 32.1. The SMILES string of the molecule is O=c1c2n[nH]nc2nc2sc(CC[C@H]3CCC[C@@H](O)C3)nn12. The molecule has 0 amide bonds. The lowest BCUT2D eigenvalue weighted by Gasteiger charge is -2.25. The van der Waals surface area contributed by atoms with Gasteiger partial charge in [-0.2, -0.15) is 19.8 Å². The molecule has 2 atom stereocenters. The number of aliphatic hydroxyl groups excluding tert-OH is 1. The van der Waals surface area contributed by atoms with Gasteiger partial charge in [-0.25, -0.2) is 0 Å². The molecule has 8 nitrogen and oxygen atoms in total. The van der Waals surface area contributed by atoms with Crippen molar-refractivity contribution in [2.24, 2.45) is 5.92 Å². The van der Waals surface area contributed by atoms with Gasteiger partial charge in [-0.05, 0) is 25.2 Å². The van der Waals surface area contributed by atoms with E-state index in [4.69, 9.17) is 0 Å². The zero-order chi connectivity index (χ0) is 15.1. The molecule has 0 aromatic carbocycles. The first-order chi connectivity index (χ1) is 10.7. The number of aryl methyl sites for hydroxylation is 1. The van der Waals surface area contributed by atoms with Crippen LogP contribution in [0, 0.1) is 5.92 Å². The molecule has 1 aliphatic rings. The second-order valence-corrected chi connectivity index (χ2v) is 6.87. The van der Waals surface area contributed by atoms with Gasteiger partial charge in [0.25, 0.3) is 0 Å².